The van der Waals surface area contributed by atoms with E-state index in [1.807, 2.05) is 0 Å². The van der Waals surface area contributed by atoms with Gasteiger partial charge in [-0.15, -0.1) is 0 Å². The van der Waals surface area contributed by atoms with Gasteiger partial charge in [0, 0.05) is 0 Å². The molecule has 92 valence electrons. The maximum atomic E-state index is 9.41. The van der Waals surface area contributed by atoms with E-state index in [-0.39, 0.29) is 43.2 Å². The summed E-state index contributed by atoms with van der Waals surface area (Å²) in [5.41, 5.74) is 0. The summed E-state index contributed by atoms with van der Waals surface area (Å²) < 4.78 is 0. The normalized spacial score (nSPS) is 11.8. The number of carbonyl (C=O) groups excluding carboxylic acids is 2. The van der Waals surface area contributed by atoms with Gasteiger partial charge in [-0.25, -0.2) is 0 Å². The summed E-state index contributed by atoms with van der Waals surface area (Å²) in [7, 11) is 0. The first kappa shape index (κ1) is 25.0. The van der Waals surface area contributed by atoms with Crippen molar-refractivity contribution < 1.29 is 45.7 Å². The quantitative estimate of drug-likeness (QED) is 0.361. The fourth-order valence-corrected chi connectivity index (χ4v) is 0.149. The molecule has 0 radical (unpaired) electrons. The Morgan fingerprint density at radius 2 is 1.12 bits per heavy atom. The van der Waals surface area contributed by atoms with Gasteiger partial charge in [0.2, 0.25) is 0 Å². The minimum Gasteiger partial charge on any atom is -0.547 e. The zero-order valence-corrected chi connectivity index (χ0v) is 10.4. The van der Waals surface area contributed by atoms with Crippen molar-refractivity contribution in [2.45, 2.75) is 12.2 Å². The third kappa shape index (κ3) is 16.4. The van der Waals surface area contributed by atoms with Crippen LogP contribution >= 0.6 is 0 Å². The first-order chi connectivity index (χ1) is 6.36. The number of carboxylic acid groups (broad SMARTS) is 2. The van der Waals surface area contributed by atoms with Gasteiger partial charge in [-0.1, -0.05) is 0 Å². The fourth-order valence-electron chi connectivity index (χ4n) is 0.149. The standard InChI is InChI=1S/2C3H6O4.Ca.H2O/c2*4-1-2(5)3(6)7;;/h2*2,4-5H,1H2,(H,6,7);;1H2/q;;+2;/p-2/t2*2-;;/m11../s1. The number of hydrogen-bond donors (Lipinski definition) is 4. The first-order valence-electron chi connectivity index (χ1n) is 3.36. The molecule has 0 amide bonds. The zero-order chi connectivity index (χ0) is 11.7. The summed E-state index contributed by atoms with van der Waals surface area (Å²) in [6.07, 6.45) is -3.47. The van der Waals surface area contributed by atoms with Crippen LogP contribution in [0.2, 0.25) is 0 Å². The molecule has 0 aromatic heterocycles. The summed E-state index contributed by atoms with van der Waals surface area (Å²) >= 11 is 0. The minimum absolute atomic E-state index is 0. The Morgan fingerprint density at radius 3 is 1.12 bits per heavy atom. The van der Waals surface area contributed by atoms with Gasteiger partial charge in [0.1, 0.15) is 12.2 Å². The van der Waals surface area contributed by atoms with E-state index in [2.05, 4.69) is 0 Å². The van der Waals surface area contributed by atoms with Crippen LogP contribution in [0, 0.1) is 0 Å². The molecule has 0 aliphatic heterocycles. The molecule has 0 bridgehead atoms. The Morgan fingerprint density at radius 1 is 0.938 bits per heavy atom. The second-order valence-corrected chi connectivity index (χ2v) is 2.03. The van der Waals surface area contributed by atoms with Crippen molar-refractivity contribution in [3.63, 3.8) is 0 Å². The SMILES string of the molecule is O.O=C([O-])[C@H](O)CO.O=C([O-])[C@H](O)CO.[Ca+2]. The Hall–Kier alpha value is -0.000260. The van der Waals surface area contributed by atoms with Crippen LogP contribution in [-0.2, 0) is 9.59 Å². The minimum atomic E-state index is -1.74. The van der Waals surface area contributed by atoms with Gasteiger partial charge in [0.25, 0.3) is 0 Å². The van der Waals surface area contributed by atoms with Crippen LogP contribution in [0.3, 0.4) is 0 Å². The largest absolute Gasteiger partial charge is 2.00 e. The van der Waals surface area contributed by atoms with Crippen molar-refractivity contribution in [1.82, 2.24) is 0 Å². The molecule has 0 aromatic rings. The van der Waals surface area contributed by atoms with Crippen LogP contribution in [0.25, 0.3) is 0 Å². The Bertz CT molecular complexity index is 165. The Balaban J connectivity index is -0.0000000800. The number of aliphatic carboxylic acids is 2. The summed E-state index contributed by atoms with van der Waals surface area (Å²) in [5, 5.41) is 50.5. The molecule has 0 aliphatic carbocycles. The van der Waals surface area contributed by atoms with Gasteiger partial charge in [-0.05, 0) is 0 Å². The molecule has 0 unspecified atom stereocenters. The van der Waals surface area contributed by atoms with Gasteiger partial charge in [0.05, 0.1) is 25.2 Å². The topological polar surface area (TPSA) is 193 Å². The summed E-state index contributed by atoms with van der Waals surface area (Å²) in [4.78, 5) is 18.8. The molecule has 0 aliphatic rings. The maximum Gasteiger partial charge on any atom is 2.00 e. The molecule has 0 spiro atoms. The summed E-state index contributed by atoms with van der Waals surface area (Å²) in [6, 6.07) is 0. The molecule has 0 aromatic carbocycles. The van der Waals surface area contributed by atoms with Crippen molar-refractivity contribution in [2.75, 3.05) is 13.2 Å². The van der Waals surface area contributed by atoms with Crippen LogP contribution in [0.15, 0.2) is 0 Å². The Labute approximate surface area is 120 Å². The fraction of sp³-hybridized carbons (Fsp3) is 0.667. The predicted octanol–water partition coefficient (Wildman–Crippen LogP) is -7.03. The van der Waals surface area contributed by atoms with Crippen molar-refractivity contribution in [3.8, 4) is 0 Å². The third-order valence-electron chi connectivity index (χ3n) is 0.890. The number of hydrogen-bond acceptors (Lipinski definition) is 8. The molecule has 9 nitrogen and oxygen atoms in total. The van der Waals surface area contributed by atoms with Crippen LogP contribution in [0.4, 0.5) is 0 Å². The van der Waals surface area contributed by atoms with Crippen molar-refractivity contribution in [2.24, 2.45) is 0 Å². The average Bonchev–Trinajstić information content (AvgIpc) is 2.15. The van der Waals surface area contributed by atoms with E-state index in [4.69, 9.17) is 20.4 Å². The molecule has 6 N–H and O–H groups in total. The molecular weight excluding hydrogens is 256 g/mol. The van der Waals surface area contributed by atoms with Crippen LogP contribution < -0.4 is 10.2 Å². The molecule has 0 rings (SSSR count). The monoisotopic (exact) mass is 268 g/mol. The van der Waals surface area contributed by atoms with Gasteiger partial charge in [-0.2, -0.15) is 0 Å². The van der Waals surface area contributed by atoms with Crippen LogP contribution in [-0.4, -0.2) is 101 Å². The molecular formula is C6H12CaO9. The summed E-state index contributed by atoms with van der Waals surface area (Å²) in [5.74, 6) is -3.30. The van der Waals surface area contributed by atoms with Crippen LogP contribution in [0.5, 0.6) is 0 Å². The second kappa shape index (κ2) is 15.0. The first-order valence-corrected chi connectivity index (χ1v) is 3.36. The Kier molecular flexibility index (Phi) is 23.4. The molecule has 0 fully saturated rings. The number of carboxylic acids is 2. The van der Waals surface area contributed by atoms with Crippen molar-refractivity contribution >= 4 is 49.7 Å². The van der Waals surface area contributed by atoms with Crippen LogP contribution in [0.1, 0.15) is 0 Å². The van der Waals surface area contributed by atoms with E-state index in [1.54, 1.807) is 0 Å². The molecule has 2 atom stereocenters. The van der Waals surface area contributed by atoms with E-state index >= 15 is 0 Å². The van der Waals surface area contributed by atoms with Crippen molar-refractivity contribution in [3.05, 3.63) is 0 Å². The third-order valence-corrected chi connectivity index (χ3v) is 0.890. The van der Waals surface area contributed by atoms with E-state index in [1.165, 1.54) is 0 Å². The molecule has 0 heterocycles. The van der Waals surface area contributed by atoms with E-state index in [9.17, 15) is 19.8 Å². The average molecular weight is 268 g/mol. The molecule has 0 saturated carbocycles. The van der Waals surface area contributed by atoms with Gasteiger partial charge >= 0.3 is 37.7 Å². The number of aliphatic hydroxyl groups excluding tert-OH is 4. The van der Waals surface area contributed by atoms with E-state index in [0.717, 1.165) is 0 Å². The molecule has 10 heteroatoms. The summed E-state index contributed by atoms with van der Waals surface area (Å²) in [6.45, 7) is -1.58. The van der Waals surface area contributed by atoms with Gasteiger partial charge < -0.3 is 45.7 Å². The number of carbonyl (C=O) groups is 2. The predicted molar refractivity (Wildman–Crippen MR) is 45.6 cm³/mol. The molecule has 16 heavy (non-hydrogen) atoms. The molecule has 0 saturated heterocycles. The zero-order valence-electron chi connectivity index (χ0n) is 8.20. The second-order valence-electron chi connectivity index (χ2n) is 2.03. The van der Waals surface area contributed by atoms with E-state index in [0.29, 0.717) is 0 Å². The van der Waals surface area contributed by atoms with E-state index < -0.39 is 37.4 Å². The van der Waals surface area contributed by atoms with Gasteiger partial charge in [-0.3, -0.25) is 0 Å². The number of aliphatic hydroxyl groups is 4. The van der Waals surface area contributed by atoms with Crippen molar-refractivity contribution in [1.29, 1.82) is 0 Å². The van der Waals surface area contributed by atoms with Gasteiger partial charge in [0.15, 0.2) is 0 Å². The number of rotatable bonds is 4. The smallest absolute Gasteiger partial charge is 0.547 e. The maximum absolute atomic E-state index is 9.41.